The number of rotatable bonds is 9. The van der Waals surface area contributed by atoms with Gasteiger partial charge in [0.2, 0.25) is 5.91 Å². The van der Waals surface area contributed by atoms with Crippen LogP contribution < -0.4 is 16.0 Å². The largest absolute Gasteiger partial charge is 0.465 e. The van der Waals surface area contributed by atoms with Crippen LogP contribution in [0, 0.1) is 0 Å². The second-order valence-corrected chi connectivity index (χ2v) is 5.99. The number of hydrogen-bond donors (Lipinski definition) is 9. The summed E-state index contributed by atoms with van der Waals surface area (Å²) in [6.45, 7) is -0.539. The van der Waals surface area contributed by atoms with Gasteiger partial charge < -0.3 is 51.3 Å². The minimum atomic E-state index is -1.73. The summed E-state index contributed by atoms with van der Waals surface area (Å²) in [5.41, 5.74) is 0. The fourth-order valence-electron chi connectivity index (χ4n) is 2.60. The molecule has 0 spiro atoms. The van der Waals surface area contributed by atoms with Crippen molar-refractivity contribution in [3.63, 3.8) is 0 Å². The zero-order valence-corrected chi connectivity index (χ0v) is 14.3. The maximum Gasteiger partial charge on any atom is 0.405 e. The highest BCUT2D eigenvalue weighted by Crippen LogP contribution is 2.20. The van der Waals surface area contributed by atoms with Crippen LogP contribution in [0.1, 0.15) is 19.3 Å². The highest BCUT2D eigenvalue weighted by atomic mass is 16.6. The van der Waals surface area contributed by atoms with Gasteiger partial charge in [-0.25, -0.2) is 9.59 Å². The number of aliphatic hydroxyl groups is 4. The maximum atomic E-state index is 12.3. The van der Waals surface area contributed by atoms with Gasteiger partial charge in [-0.1, -0.05) is 0 Å². The van der Waals surface area contributed by atoms with Crippen LogP contribution in [0.4, 0.5) is 9.59 Å². The minimum Gasteiger partial charge on any atom is -0.465 e. The van der Waals surface area contributed by atoms with Crippen molar-refractivity contribution < 1.29 is 49.8 Å². The highest BCUT2D eigenvalue weighted by Gasteiger charge is 2.44. The quantitative estimate of drug-likeness (QED) is 0.180. The van der Waals surface area contributed by atoms with E-state index in [0.29, 0.717) is 12.8 Å². The van der Waals surface area contributed by atoms with Gasteiger partial charge in [-0.3, -0.25) is 4.79 Å². The average molecular weight is 395 g/mol. The highest BCUT2D eigenvalue weighted by molar-refractivity contribution is 5.85. The molecule has 9 N–H and O–H groups in total. The molecular weight excluding hydrogens is 370 g/mol. The van der Waals surface area contributed by atoms with Crippen LogP contribution in [-0.4, -0.2) is 98.6 Å². The predicted molar refractivity (Wildman–Crippen MR) is 86.7 cm³/mol. The molecule has 0 saturated carbocycles. The maximum absolute atomic E-state index is 12.3. The Labute approximate surface area is 153 Å². The topological polar surface area (TPSA) is 218 Å². The number of carboxylic acid groups (broad SMARTS) is 2. The van der Waals surface area contributed by atoms with Crippen molar-refractivity contribution in [2.45, 2.75) is 55.9 Å². The van der Waals surface area contributed by atoms with Gasteiger partial charge in [0.25, 0.3) is 0 Å². The number of hydrogen-bond acceptors (Lipinski definition) is 8. The summed E-state index contributed by atoms with van der Waals surface area (Å²) in [4.78, 5) is 33.5. The Balaban J connectivity index is 2.64. The van der Waals surface area contributed by atoms with E-state index in [1.165, 1.54) is 0 Å². The molecule has 156 valence electrons. The first-order valence-electron chi connectivity index (χ1n) is 8.24. The lowest BCUT2D eigenvalue weighted by atomic mass is 9.96. The van der Waals surface area contributed by atoms with Gasteiger partial charge in [0.1, 0.15) is 30.4 Å². The van der Waals surface area contributed by atoms with Crippen molar-refractivity contribution in [3.8, 4) is 0 Å². The Morgan fingerprint density at radius 2 is 1.67 bits per heavy atom. The van der Waals surface area contributed by atoms with E-state index in [1.807, 2.05) is 5.32 Å². The molecule has 0 aromatic carbocycles. The van der Waals surface area contributed by atoms with E-state index >= 15 is 0 Å². The predicted octanol–water partition coefficient (Wildman–Crippen LogP) is -3.02. The van der Waals surface area contributed by atoms with Gasteiger partial charge in [0.15, 0.2) is 6.29 Å². The third kappa shape index (κ3) is 7.15. The number of carbonyl (C=O) groups excluding carboxylic acids is 1. The van der Waals surface area contributed by atoms with Gasteiger partial charge in [0, 0.05) is 6.54 Å². The molecular formula is C14H25N3O10. The van der Waals surface area contributed by atoms with Crippen molar-refractivity contribution in [1.82, 2.24) is 16.0 Å². The lowest BCUT2D eigenvalue weighted by molar-refractivity contribution is -0.254. The van der Waals surface area contributed by atoms with Gasteiger partial charge >= 0.3 is 12.2 Å². The first-order valence-corrected chi connectivity index (χ1v) is 8.24. The summed E-state index contributed by atoms with van der Waals surface area (Å²) in [5.74, 6) is -0.870. The van der Waals surface area contributed by atoms with Crippen molar-refractivity contribution in [2.24, 2.45) is 0 Å². The van der Waals surface area contributed by atoms with Crippen LogP contribution in [0.15, 0.2) is 0 Å². The molecule has 0 bridgehead atoms. The summed E-state index contributed by atoms with van der Waals surface area (Å²) >= 11 is 0. The molecule has 1 rings (SSSR count). The molecule has 27 heavy (non-hydrogen) atoms. The van der Waals surface area contributed by atoms with Gasteiger partial charge in [-0.15, -0.1) is 0 Å². The molecule has 1 saturated heterocycles. The summed E-state index contributed by atoms with van der Waals surface area (Å²) in [6.07, 6.45) is -8.18. The van der Waals surface area contributed by atoms with Crippen LogP contribution in [-0.2, 0) is 9.53 Å². The zero-order valence-electron chi connectivity index (χ0n) is 14.3. The second kappa shape index (κ2) is 10.8. The first-order chi connectivity index (χ1) is 12.7. The number of amides is 3. The summed E-state index contributed by atoms with van der Waals surface area (Å²) in [6, 6.07) is -2.68. The molecule has 0 aliphatic carbocycles. The lowest BCUT2D eigenvalue weighted by Gasteiger charge is -2.40. The van der Waals surface area contributed by atoms with E-state index in [9.17, 15) is 29.7 Å². The van der Waals surface area contributed by atoms with E-state index in [1.54, 1.807) is 0 Å². The first kappa shape index (κ1) is 22.9. The Morgan fingerprint density at radius 1 is 1.00 bits per heavy atom. The van der Waals surface area contributed by atoms with E-state index in [4.69, 9.17) is 20.1 Å². The van der Waals surface area contributed by atoms with Gasteiger partial charge in [-0.05, 0) is 19.3 Å². The van der Waals surface area contributed by atoms with Crippen LogP contribution in [0.25, 0.3) is 0 Å². The molecule has 1 fully saturated rings. The van der Waals surface area contributed by atoms with Gasteiger partial charge in [0.05, 0.1) is 6.61 Å². The SMILES string of the molecule is O=C(O)NCCCC[C@H](NC(=O)O)C(=O)N[C@@H]1[C@@H](O)[C@H](O)[C@@H](CO)O[C@H]1O. The fourth-order valence-corrected chi connectivity index (χ4v) is 2.60. The van der Waals surface area contributed by atoms with Gasteiger partial charge in [-0.2, -0.15) is 0 Å². The van der Waals surface area contributed by atoms with Crippen molar-refractivity contribution in [1.29, 1.82) is 0 Å². The number of ether oxygens (including phenoxy) is 1. The molecule has 13 nitrogen and oxygen atoms in total. The second-order valence-electron chi connectivity index (χ2n) is 5.99. The summed E-state index contributed by atoms with van der Waals surface area (Å²) in [5, 5.41) is 62.3. The van der Waals surface area contributed by atoms with E-state index in [-0.39, 0.29) is 13.0 Å². The Morgan fingerprint density at radius 3 is 2.22 bits per heavy atom. The summed E-state index contributed by atoms with van der Waals surface area (Å²) < 4.78 is 4.91. The van der Waals surface area contributed by atoms with Crippen molar-refractivity contribution in [2.75, 3.05) is 13.2 Å². The Bertz CT molecular complexity index is 519. The molecule has 3 amide bonds. The molecule has 0 radical (unpaired) electrons. The molecule has 1 aliphatic heterocycles. The Kier molecular flexibility index (Phi) is 9.17. The van der Waals surface area contributed by atoms with E-state index in [0.717, 1.165) is 0 Å². The van der Waals surface area contributed by atoms with Crippen LogP contribution in [0.2, 0.25) is 0 Å². The van der Waals surface area contributed by atoms with Crippen molar-refractivity contribution in [3.05, 3.63) is 0 Å². The summed E-state index contributed by atoms with van der Waals surface area (Å²) in [7, 11) is 0. The molecule has 0 aromatic rings. The number of carbonyl (C=O) groups is 3. The van der Waals surface area contributed by atoms with Crippen LogP contribution in [0.5, 0.6) is 0 Å². The molecule has 0 aromatic heterocycles. The molecule has 13 heteroatoms. The third-order valence-electron chi connectivity index (χ3n) is 4.02. The third-order valence-corrected chi connectivity index (χ3v) is 4.02. The smallest absolute Gasteiger partial charge is 0.405 e. The molecule has 0 unspecified atom stereocenters. The minimum absolute atomic E-state index is 0.0288. The standard InChI is InChI=1S/C14H25N3O10/c18-5-7-9(19)10(20)8(12(22)27-7)17-11(21)6(16-14(25)26)3-1-2-4-15-13(23)24/h6-10,12,15-16,18-20,22H,1-5H2,(H,17,21)(H,23,24)(H,25,26)/t6-,7+,8+,9+,10+,12+/m0/s1. The van der Waals surface area contributed by atoms with E-state index in [2.05, 4.69) is 10.6 Å². The van der Waals surface area contributed by atoms with Crippen LogP contribution in [0.3, 0.4) is 0 Å². The van der Waals surface area contributed by atoms with E-state index < -0.39 is 61.4 Å². The van der Waals surface area contributed by atoms with Crippen molar-refractivity contribution >= 4 is 18.1 Å². The van der Waals surface area contributed by atoms with Crippen LogP contribution >= 0.6 is 0 Å². The molecule has 6 atom stereocenters. The number of aliphatic hydroxyl groups excluding tert-OH is 4. The fraction of sp³-hybridized carbons (Fsp3) is 0.786. The number of unbranched alkanes of at least 4 members (excludes halogenated alkanes) is 1. The number of nitrogens with one attached hydrogen (secondary N) is 3. The molecule has 1 aliphatic rings. The zero-order chi connectivity index (χ0) is 20.6. The Hall–Kier alpha value is -2.19. The lowest BCUT2D eigenvalue weighted by Crippen LogP contribution is -2.65. The normalized spacial score (nSPS) is 28.8. The molecule has 1 heterocycles. The monoisotopic (exact) mass is 395 g/mol. The average Bonchev–Trinajstić information content (AvgIpc) is 2.59.